The third kappa shape index (κ3) is 4.20. The van der Waals surface area contributed by atoms with Gasteiger partial charge in [-0.05, 0) is 42.0 Å². The van der Waals surface area contributed by atoms with Gasteiger partial charge in [0.15, 0.2) is 11.5 Å². The topological polar surface area (TPSA) is 54.0 Å². The van der Waals surface area contributed by atoms with Crippen LogP contribution in [0.15, 0.2) is 78.9 Å². The van der Waals surface area contributed by atoms with Gasteiger partial charge in [-0.25, -0.2) is 4.79 Å². The summed E-state index contributed by atoms with van der Waals surface area (Å²) < 4.78 is 22.3. The van der Waals surface area contributed by atoms with Crippen molar-refractivity contribution >= 4 is 5.97 Å². The molecule has 5 heteroatoms. The molecule has 1 aliphatic heterocycles. The molecule has 5 nitrogen and oxygen atoms in total. The van der Waals surface area contributed by atoms with Crippen LogP contribution < -0.4 is 18.9 Å². The summed E-state index contributed by atoms with van der Waals surface area (Å²) in [6.45, 7) is 0.598. The lowest BCUT2D eigenvalue weighted by Crippen LogP contribution is -2.39. The molecule has 3 aromatic carbocycles. The van der Waals surface area contributed by atoms with Crippen molar-refractivity contribution in [3.63, 3.8) is 0 Å². The number of hydrogen-bond donors (Lipinski definition) is 0. The van der Waals surface area contributed by atoms with Crippen LogP contribution in [0.1, 0.15) is 5.56 Å². The number of carbonyl (C=O) groups is 1. The second-order valence-corrected chi connectivity index (χ2v) is 6.03. The number of ether oxygens (including phenoxy) is 4. The Morgan fingerprint density at radius 1 is 0.852 bits per heavy atom. The molecule has 0 amide bonds. The van der Waals surface area contributed by atoms with E-state index in [4.69, 9.17) is 18.9 Å². The lowest BCUT2D eigenvalue weighted by molar-refractivity contribution is -0.144. The Kier molecular flexibility index (Phi) is 4.92. The number of benzene rings is 3. The number of para-hydroxylation sites is 2. The van der Waals surface area contributed by atoms with Crippen LogP contribution in [0.25, 0.3) is 0 Å². The quantitative estimate of drug-likeness (QED) is 0.507. The molecule has 1 aliphatic rings. The van der Waals surface area contributed by atoms with Crippen molar-refractivity contribution in [3.8, 4) is 23.0 Å². The van der Waals surface area contributed by atoms with Crippen LogP contribution in [0.4, 0.5) is 0 Å². The number of rotatable bonds is 5. The van der Waals surface area contributed by atoms with E-state index in [0.29, 0.717) is 29.6 Å². The van der Waals surface area contributed by atoms with Gasteiger partial charge in [0.1, 0.15) is 24.7 Å². The van der Waals surface area contributed by atoms with Crippen LogP contribution in [0.2, 0.25) is 0 Å². The van der Waals surface area contributed by atoms with Gasteiger partial charge >= 0.3 is 5.97 Å². The van der Waals surface area contributed by atoms with Gasteiger partial charge in [-0.2, -0.15) is 0 Å². The molecule has 136 valence electrons. The first kappa shape index (κ1) is 17.0. The van der Waals surface area contributed by atoms with Crippen molar-refractivity contribution in [2.75, 3.05) is 6.61 Å². The Morgan fingerprint density at radius 3 is 2.30 bits per heavy atom. The van der Waals surface area contributed by atoms with Crippen LogP contribution in [-0.4, -0.2) is 18.7 Å². The summed E-state index contributed by atoms with van der Waals surface area (Å²) in [5, 5.41) is 0. The third-order valence-corrected chi connectivity index (χ3v) is 4.06. The highest BCUT2D eigenvalue weighted by Gasteiger charge is 2.29. The molecule has 0 spiro atoms. The van der Waals surface area contributed by atoms with E-state index in [1.807, 2.05) is 42.5 Å². The highest BCUT2D eigenvalue weighted by molar-refractivity contribution is 5.78. The van der Waals surface area contributed by atoms with Gasteiger partial charge in [-0.1, -0.05) is 42.5 Å². The van der Waals surface area contributed by atoms with Crippen molar-refractivity contribution in [1.82, 2.24) is 0 Å². The molecule has 0 aromatic heterocycles. The minimum atomic E-state index is -0.797. The predicted molar refractivity (Wildman–Crippen MR) is 99.2 cm³/mol. The maximum Gasteiger partial charge on any atom is 0.356 e. The normalized spacial score (nSPS) is 15.0. The molecule has 0 radical (unpaired) electrons. The van der Waals surface area contributed by atoms with E-state index >= 15 is 0 Å². The van der Waals surface area contributed by atoms with E-state index in [2.05, 4.69) is 0 Å². The predicted octanol–water partition coefficient (Wildman–Crippen LogP) is 4.01. The van der Waals surface area contributed by atoms with Crippen LogP contribution in [0.3, 0.4) is 0 Å². The highest BCUT2D eigenvalue weighted by atomic mass is 16.6. The van der Waals surface area contributed by atoms with Gasteiger partial charge < -0.3 is 18.9 Å². The van der Waals surface area contributed by atoms with Gasteiger partial charge in [-0.15, -0.1) is 0 Å². The van der Waals surface area contributed by atoms with E-state index in [9.17, 15) is 4.79 Å². The monoisotopic (exact) mass is 362 g/mol. The number of fused-ring (bicyclic) bond motifs is 1. The minimum absolute atomic E-state index is 0.119. The summed E-state index contributed by atoms with van der Waals surface area (Å²) in [7, 11) is 0. The molecular weight excluding hydrogens is 344 g/mol. The van der Waals surface area contributed by atoms with Gasteiger partial charge in [0.05, 0.1) is 0 Å². The van der Waals surface area contributed by atoms with Crippen molar-refractivity contribution in [3.05, 3.63) is 84.4 Å². The molecule has 4 rings (SSSR count). The second kappa shape index (κ2) is 7.83. The Bertz CT molecular complexity index is 906. The lowest BCUT2D eigenvalue weighted by atomic mass is 10.2. The molecule has 0 N–H and O–H groups in total. The lowest BCUT2D eigenvalue weighted by Gasteiger charge is -2.24. The summed E-state index contributed by atoms with van der Waals surface area (Å²) >= 11 is 0. The molecule has 0 aliphatic carbocycles. The largest absolute Gasteiger partial charge is 0.489 e. The van der Waals surface area contributed by atoms with E-state index in [1.54, 1.807) is 36.4 Å². The summed E-state index contributed by atoms with van der Waals surface area (Å²) in [5.41, 5.74) is 1.09. The van der Waals surface area contributed by atoms with Gasteiger partial charge in [0.2, 0.25) is 6.10 Å². The van der Waals surface area contributed by atoms with Gasteiger partial charge in [-0.3, -0.25) is 0 Å². The van der Waals surface area contributed by atoms with Gasteiger partial charge in [0.25, 0.3) is 0 Å². The molecule has 0 bridgehead atoms. The first-order chi connectivity index (χ1) is 13.3. The van der Waals surface area contributed by atoms with Crippen LogP contribution >= 0.6 is 0 Å². The van der Waals surface area contributed by atoms with Crippen molar-refractivity contribution < 1.29 is 23.7 Å². The first-order valence-corrected chi connectivity index (χ1v) is 8.65. The molecule has 3 aromatic rings. The van der Waals surface area contributed by atoms with E-state index in [1.165, 1.54) is 0 Å². The van der Waals surface area contributed by atoms with E-state index < -0.39 is 12.1 Å². The molecule has 0 saturated heterocycles. The molecule has 0 fully saturated rings. The van der Waals surface area contributed by atoms with Crippen molar-refractivity contribution in [2.24, 2.45) is 0 Å². The second-order valence-electron chi connectivity index (χ2n) is 6.03. The maximum absolute atomic E-state index is 12.3. The van der Waals surface area contributed by atoms with E-state index in [0.717, 1.165) is 5.56 Å². The van der Waals surface area contributed by atoms with Crippen LogP contribution in [0, 0.1) is 0 Å². The summed E-state index contributed by atoms with van der Waals surface area (Å²) in [4.78, 5) is 12.3. The third-order valence-electron chi connectivity index (χ3n) is 4.06. The molecule has 1 atom stereocenters. The van der Waals surface area contributed by atoms with E-state index in [-0.39, 0.29) is 6.61 Å². The Labute approximate surface area is 157 Å². The molecule has 0 unspecified atom stereocenters. The molecule has 1 heterocycles. The number of carbonyl (C=O) groups excluding carboxylic acids is 1. The average Bonchev–Trinajstić information content (AvgIpc) is 2.73. The zero-order chi connectivity index (χ0) is 18.5. The molecule has 27 heavy (non-hydrogen) atoms. The number of hydrogen-bond acceptors (Lipinski definition) is 5. The van der Waals surface area contributed by atoms with Crippen LogP contribution in [0.5, 0.6) is 23.0 Å². The highest BCUT2D eigenvalue weighted by Crippen LogP contribution is 2.31. The zero-order valence-corrected chi connectivity index (χ0v) is 14.5. The van der Waals surface area contributed by atoms with Crippen molar-refractivity contribution in [1.29, 1.82) is 0 Å². The minimum Gasteiger partial charge on any atom is -0.489 e. The summed E-state index contributed by atoms with van der Waals surface area (Å²) in [5.74, 6) is 1.79. The fraction of sp³-hybridized carbons (Fsp3) is 0.136. The summed E-state index contributed by atoms with van der Waals surface area (Å²) in [6, 6.07) is 24.0. The molecule has 0 saturated carbocycles. The number of esters is 1. The first-order valence-electron chi connectivity index (χ1n) is 8.65. The Morgan fingerprint density at radius 2 is 1.52 bits per heavy atom. The maximum atomic E-state index is 12.3. The zero-order valence-electron chi connectivity index (χ0n) is 14.5. The average molecular weight is 362 g/mol. The smallest absolute Gasteiger partial charge is 0.356 e. The Hall–Kier alpha value is -3.47. The Balaban J connectivity index is 1.32. The molecular formula is C22H18O5. The fourth-order valence-electron chi connectivity index (χ4n) is 2.66. The fourth-order valence-corrected chi connectivity index (χ4v) is 2.66. The van der Waals surface area contributed by atoms with Gasteiger partial charge in [0, 0.05) is 0 Å². The SMILES string of the molecule is O=C(Oc1ccc(OCc2ccccc2)cc1)[C@H]1COc2ccccc2O1. The van der Waals surface area contributed by atoms with Crippen LogP contribution in [-0.2, 0) is 11.4 Å². The van der Waals surface area contributed by atoms with Crippen molar-refractivity contribution in [2.45, 2.75) is 12.7 Å². The summed E-state index contributed by atoms with van der Waals surface area (Å²) in [6.07, 6.45) is -0.797. The standard InChI is InChI=1S/C22H18O5/c23-22(21-15-25-19-8-4-5-9-20(19)27-21)26-18-12-10-17(11-13-18)24-14-16-6-2-1-3-7-16/h1-13,21H,14-15H2/t21-/m1/s1.